The van der Waals surface area contributed by atoms with Gasteiger partial charge in [0.1, 0.15) is 17.2 Å². The molecule has 0 saturated carbocycles. The Bertz CT molecular complexity index is 795. The van der Waals surface area contributed by atoms with Gasteiger partial charge in [0.2, 0.25) is 0 Å². The van der Waals surface area contributed by atoms with Gasteiger partial charge in [-0.25, -0.2) is 9.37 Å². The second kappa shape index (κ2) is 4.77. The van der Waals surface area contributed by atoms with Crippen molar-refractivity contribution < 1.29 is 9.18 Å². The van der Waals surface area contributed by atoms with Gasteiger partial charge < -0.3 is 9.72 Å². The summed E-state index contributed by atoms with van der Waals surface area (Å²) < 4.78 is 15.3. The predicted molar refractivity (Wildman–Crippen MR) is 74.3 cm³/mol. The number of fused-ring (bicyclic) bond motifs is 1. The second-order valence-electron chi connectivity index (χ2n) is 4.46. The molecular formula is C15H12FN3O. The van der Waals surface area contributed by atoms with Gasteiger partial charge in [-0.05, 0) is 31.2 Å². The summed E-state index contributed by atoms with van der Waals surface area (Å²) >= 11 is 0. The number of carbonyl (C=O) groups excluding carboxylic acids is 1. The molecule has 0 aliphatic carbocycles. The third-order valence-corrected chi connectivity index (χ3v) is 3.05. The molecule has 0 saturated heterocycles. The van der Waals surface area contributed by atoms with Crippen molar-refractivity contribution in [3.05, 3.63) is 65.9 Å². The highest BCUT2D eigenvalue weighted by Crippen LogP contribution is 2.14. The minimum atomic E-state index is -0.471. The number of para-hydroxylation sites is 1. The number of hydrogen-bond acceptors (Lipinski definition) is 2. The molecule has 0 bridgehead atoms. The van der Waals surface area contributed by atoms with E-state index in [0.717, 1.165) is 5.69 Å². The summed E-state index contributed by atoms with van der Waals surface area (Å²) in [4.78, 5) is 16.3. The van der Waals surface area contributed by atoms with Crippen molar-refractivity contribution >= 4 is 17.2 Å². The Morgan fingerprint density at radius 3 is 2.75 bits per heavy atom. The highest BCUT2D eigenvalue weighted by Gasteiger charge is 2.13. The molecular weight excluding hydrogens is 257 g/mol. The first-order valence-corrected chi connectivity index (χ1v) is 6.16. The average Bonchev–Trinajstić information content (AvgIpc) is 2.87. The first-order chi connectivity index (χ1) is 9.65. The van der Waals surface area contributed by atoms with E-state index in [1.165, 1.54) is 12.1 Å². The fourth-order valence-electron chi connectivity index (χ4n) is 2.01. The minimum absolute atomic E-state index is 0.145. The smallest absolute Gasteiger partial charge is 0.275 e. The normalized spacial score (nSPS) is 10.7. The van der Waals surface area contributed by atoms with E-state index < -0.39 is 11.7 Å². The number of aromatic nitrogens is 2. The van der Waals surface area contributed by atoms with Crippen molar-refractivity contribution in [3.63, 3.8) is 0 Å². The average molecular weight is 269 g/mol. The molecule has 0 fully saturated rings. The number of benzene rings is 1. The van der Waals surface area contributed by atoms with Crippen LogP contribution >= 0.6 is 0 Å². The maximum absolute atomic E-state index is 13.5. The molecule has 1 N–H and O–H groups in total. The molecule has 0 unspecified atom stereocenters. The van der Waals surface area contributed by atoms with Crippen molar-refractivity contribution in [1.29, 1.82) is 0 Å². The van der Waals surface area contributed by atoms with E-state index in [1.54, 1.807) is 18.3 Å². The van der Waals surface area contributed by atoms with Crippen LogP contribution in [0.2, 0.25) is 0 Å². The fraction of sp³-hybridized carbons (Fsp3) is 0.0667. The van der Waals surface area contributed by atoms with Crippen LogP contribution in [0.1, 0.15) is 16.2 Å². The Morgan fingerprint density at radius 2 is 2.00 bits per heavy atom. The maximum Gasteiger partial charge on any atom is 0.275 e. The first kappa shape index (κ1) is 12.3. The van der Waals surface area contributed by atoms with Crippen LogP contribution in [0.25, 0.3) is 5.65 Å². The van der Waals surface area contributed by atoms with E-state index in [9.17, 15) is 9.18 Å². The van der Waals surface area contributed by atoms with Crippen LogP contribution in [0.15, 0.2) is 48.7 Å². The number of carbonyl (C=O) groups is 1. The van der Waals surface area contributed by atoms with E-state index in [2.05, 4.69) is 10.3 Å². The summed E-state index contributed by atoms with van der Waals surface area (Å²) in [6, 6.07) is 11.6. The number of nitrogens with zero attached hydrogens (tertiary/aromatic N) is 2. The van der Waals surface area contributed by atoms with Crippen LogP contribution in [-0.2, 0) is 0 Å². The van der Waals surface area contributed by atoms with Gasteiger partial charge in [-0.1, -0.05) is 18.2 Å². The number of imidazole rings is 1. The van der Waals surface area contributed by atoms with Crippen LogP contribution in [0.5, 0.6) is 0 Å². The zero-order chi connectivity index (χ0) is 14.1. The van der Waals surface area contributed by atoms with E-state index >= 15 is 0 Å². The number of hydrogen-bond donors (Lipinski definition) is 1. The molecule has 1 aromatic carbocycles. The van der Waals surface area contributed by atoms with Gasteiger partial charge in [0.05, 0.1) is 5.69 Å². The van der Waals surface area contributed by atoms with Crippen molar-refractivity contribution in [2.75, 3.05) is 5.32 Å². The molecule has 0 spiro atoms. The highest BCUT2D eigenvalue weighted by atomic mass is 19.1. The van der Waals surface area contributed by atoms with Gasteiger partial charge in [-0.3, -0.25) is 4.79 Å². The van der Waals surface area contributed by atoms with Gasteiger partial charge in [0.25, 0.3) is 5.91 Å². The number of anilines is 1. The number of nitrogens with one attached hydrogen (secondary N) is 1. The first-order valence-electron chi connectivity index (χ1n) is 6.16. The van der Waals surface area contributed by atoms with Gasteiger partial charge >= 0.3 is 0 Å². The Morgan fingerprint density at radius 1 is 1.20 bits per heavy atom. The highest BCUT2D eigenvalue weighted by molar-refractivity contribution is 6.03. The van der Waals surface area contributed by atoms with Crippen LogP contribution in [0, 0.1) is 12.7 Å². The molecule has 1 amide bonds. The van der Waals surface area contributed by atoms with Crippen molar-refractivity contribution in [3.8, 4) is 0 Å². The van der Waals surface area contributed by atoms with Gasteiger partial charge in [-0.2, -0.15) is 0 Å². The third-order valence-electron chi connectivity index (χ3n) is 3.05. The molecule has 2 aromatic heterocycles. The molecule has 0 aliphatic heterocycles. The van der Waals surface area contributed by atoms with E-state index in [-0.39, 0.29) is 11.4 Å². The Balaban J connectivity index is 1.93. The fourth-order valence-corrected chi connectivity index (χ4v) is 2.01. The third kappa shape index (κ3) is 2.14. The quantitative estimate of drug-likeness (QED) is 0.777. The lowest BCUT2D eigenvalue weighted by Crippen LogP contribution is -2.13. The number of pyridine rings is 1. The number of rotatable bonds is 2. The monoisotopic (exact) mass is 269 g/mol. The number of aryl methyl sites for hydroxylation is 1. The van der Waals surface area contributed by atoms with E-state index in [4.69, 9.17) is 0 Å². The molecule has 0 radical (unpaired) electrons. The van der Waals surface area contributed by atoms with E-state index in [1.807, 2.05) is 29.5 Å². The van der Waals surface area contributed by atoms with Crippen molar-refractivity contribution in [2.45, 2.75) is 6.92 Å². The Hall–Kier alpha value is -2.69. The summed E-state index contributed by atoms with van der Waals surface area (Å²) in [6.45, 7) is 1.92. The summed E-state index contributed by atoms with van der Waals surface area (Å²) in [7, 11) is 0. The molecule has 3 aromatic rings. The molecule has 20 heavy (non-hydrogen) atoms. The van der Waals surface area contributed by atoms with Gasteiger partial charge in [0, 0.05) is 11.9 Å². The van der Waals surface area contributed by atoms with Crippen molar-refractivity contribution in [2.24, 2.45) is 0 Å². The van der Waals surface area contributed by atoms with Crippen molar-refractivity contribution in [1.82, 2.24) is 9.38 Å². The number of amides is 1. The molecule has 2 heterocycles. The van der Waals surface area contributed by atoms with E-state index in [0.29, 0.717) is 5.65 Å². The Kier molecular flexibility index (Phi) is 2.95. The topological polar surface area (TPSA) is 46.4 Å². The molecule has 3 rings (SSSR count). The molecule has 100 valence electrons. The summed E-state index contributed by atoms with van der Waals surface area (Å²) in [6.07, 6.45) is 1.64. The predicted octanol–water partition coefficient (Wildman–Crippen LogP) is 3.03. The number of halogens is 1. The lowest BCUT2D eigenvalue weighted by Gasteiger charge is -2.03. The summed E-state index contributed by atoms with van der Waals surface area (Å²) in [5, 5.41) is 2.52. The largest absolute Gasteiger partial charge is 0.318 e. The van der Waals surface area contributed by atoms with Gasteiger partial charge in [0.15, 0.2) is 0 Å². The van der Waals surface area contributed by atoms with Gasteiger partial charge in [-0.15, -0.1) is 0 Å². The molecule has 0 atom stereocenters. The minimum Gasteiger partial charge on any atom is -0.318 e. The lowest BCUT2D eigenvalue weighted by atomic mass is 10.3. The SMILES string of the molecule is Cc1cccc2nc(C(=O)Nc3ccccc3F)cn12. The molecule has 4 nitrogen and oxygen atoms in total. The zero-order valence-electron chi connectivity index (χ0n) is 10.8. The summed E-state index contributed by atoms with van der Waals surface area (Å²) in [5.74, 6) is -0.904. The summed E-state index contributed by atoms with van der Waals surface area (Å²) in [5.41, 5.74) is 2.05. The Labute approximate surface area is 114 Å². The molecule has 5 heteroatoms. The maximum atomic E-state index is 13.5. The van der Waals surface area contributed by atoms with Crippen LogP contribution in [0.3, 0.4) is 0 Å². The van der Waals surface area contributed by atoms with Crippen LogP contribution in [0.4, 0.5) is 10.1 Å². The van der Waals surface area contributed by atoms with Crippen LogP contribution in [-0.4, -0.2) is 15.3 Å². The lowest BCUT2D eigenvalue weighted by molar-refractivity contribution is 0.102. The zero-order valence-corrected chi connectivity index (χ0v) is 10.8. The standard InChI is InChI=1S/C15H12FN3O/c1-10-5-4-8-14-17-13(9-19(10)14)15(20)18-12-7-3-2-6-11(12)16/h2-9H,1H3,(H,18,20). The molecule has 0 aliphatic rings. The van der Waals surface area contributed by atoms with Crippen LogP contribution < -0.4 is 5.32 Å². The second-order valence-corrected chi connectivity index (χ2v) is 4.46.